The van der Waals surface area contributed by atoms with E-state index in [1.807, 2.05) is 24.3 Å². The number of carbonyl (C=O) groups is 2. The van der Waals surface area contributed by atoms with Crippen LogP contribution in [-0.2, 0) is 19.6 Å². The Kier molecular flexibility index (Phi) is 7.98. The number of carbonyl (C=O) groups excluding carboxylic acids is 2. The molecule has 0 aliphatic carbocycles. The molecule has 42 heavy (non-hydrogen) atoms. The molecule has 1 amide bonds. The smallest absolute Gasteiger partial charge is 0.339 e. The molecule has 12 heteroatoms. The highest BCUT2D eigenvalue weighted by Gasteiger charge is 2.25. The molecule has 0 saturated heterocycles. The highest BCUT2D eigenvalue weighted by molar-refractivity contribution is 7.92. The lowest BCUT2D eigenvalue weighted by Crippen LogP contribution is -2.32. The minimum absolute atomic E-state index is 0.0284. The molecule has 0 aliphatic rings. The summed E-state index contributed by atoms with van der Waals surface area (Å²) >= 11 is 0. The number of aromatic nitrogens is 4. The molecule has 1 unspecified atom stereocenters. The van der Waals surface area contributed by atoms with Crippen molar-refractivity contribution in [2.75, 3.05) is 10.0 Å². The van der Waals surface area contributed by atoms with Crippen LogP contribution in [0.1, 0.15) is 35.1 Å². The van der Waals surface area contributed by atoms with Gasteiger partial charge in [0.15, 0.2) is 6.10 Å². The molecule has 5 aromatic rings. The van der Waals surface area contributed by atoms with E-state index in [9.17, 15) is 18.0 Å². The number of para-hydroxylation sites is 2. The lowest BCUT2D eigenvalue weighted by atomic mass is 10.1. The molecule has 3 N–H and O–H groups in total. The summed E-state index contributed by atoms with van der Waals surface area (Å²) in [5.41, 5.74) is 3.98. The van der Waals surface area contributed by atoms with Gasteiger partial charge in [0.05, 0.1) is 21.5 Å². The molecule has 5 rings (SSSR count). The van der Waals surface area contributed by atoms with Crippen LogP contribution >= 0.6 is 0 Å². The Bertz CT molecular complexity index is 1830. The quantitative estimate of drug-likeness (QED) is 0.204. The van der Waals surface area contributed by atoms with Crippen molar-refractivity contribution in [3.05, 3.63) is 95.8 Å². The first kappa shape index (κ1) is 28.4. The number of hydrogen-bond acceptors (Lipinski definition) is 8. The molecule has 0 bridgehead atoms. The third-order valence-corrected chi connectivity index (χ3v) is 7.69. The van der Waals surface area contributed by atoms with Crippen molar-refractivity contribution in [2.24, 2.45) is 0 Å². The molecule has 0 saturated carbocycles. The number of aromatic amines is 1. The van der Waals surface area contributed by atoms with Gasteiger partial charge in [-0.05, 0) is 68.8 Å². The molecule has 0 radical (unpaired) electrons. The van der Waals surface area contributed by atoms with E-state index in [4.69, 9.17) is 4.74 Å². The van der Waals surface area contributed by atoms with Crippen LogP contribution in [0.2, 0.25) is 0 Å². The van der Waals surface area contributed by atoms with Crippen LogP contribution < -0.4 is 10.0 Å². The third-order valence-electron chi connectivity index (χ3n) is 6.34. The van der Waals surface area contributed by atoms with Gasteiger partial charge in [0.25, 0.3) is 15.9 Å². The van der Waals surface area contributed by atoms with Crippen LogP contribution in [-0.4, -0.2) is 46.3 Å². The zero-order valence-corrected chi connectivity index (χ0v) is 23.9. The molecular weight excluding hydrogens is 556 g/mol. The van der Waals surface area contributed by atoms with Crippen LogP contribution in [0, 0.1) is 13.8 Å². The maximum atomic E-state index is 13.2. The number of sulfonamides is 1. The van der Waals surface area contributed by atoms with Crippen LogP contribution in [0.15, 0.2) is 83.8 Å². The maximum absolute atomic E-state index is 13.2. The minimum Gasteiger partial charge on any atom is -0.449 e. The van der Waals surface area contributed by atoms with Crippen LogP contribution in [0.4, 0.5) is 11.6 Å². The summed E-state index contributed by atoms with van der Waals surface area (Å²) in [7, 11) is -3.96. The average molecular weight is 585 g/mol. The number of nitrogens with one attached hydrogen (secondary N) is 3. The van der Waals surface area contributed by atoms with Gasteiger partial charge in [-0.25, -0.2) is 32.9 Å². The Balaban J connectivity index is 1.27. The summed E-state index contributed by atoms with van der Waals surface area (Å²) in [6, 6.07) is 21.7. The van der Waals surface area contributed by atoms with Gasteiger partial charge in [-0.15, -0.1) is 0 Å². The van der Waals surface area contributed by atoms with Gasteiger partial charge >= 0.3 is 5.97 Å². The average Bonchev–Trinajstić information content (AvgIpc) is 3.39. The predicted octanol–water partition coefficient (Wildman–Crippen LogP) is 5.01. The molecule has 0 aliphatic heterocycles. The molecular formula is C30H28N6O5S. The summed E-state index contributed by atoms with van der Waals surface area (Å²) in [6.45, 7) is 5.20. The zero-order valence-electron chi connectivity index (χ0n) is 23.1. The van der Waals surface area contributed by atoms with E-state index in [1.54, 1.807) is 51.1 Å². The molecule has 3 aromatic carbocycles. The van der Waals surface area contributed by atoms with E-state index in [-0.39, 0.29) is 22.8 Å². The SMILES string of the molecule is CCC(OC(=O)c1ccccc1-c1nc2ccccc2[nH]1)C(=O)Nc1ccc(S(=O)(=O)Nc2nc(C)cc(C)n2)cc1. The number of nitrogens with zero attached hydrogens (tertiary/aromatic N) is 3. The zero-order chi connectivity index (χ0) is 29.9. The Hall–Kier alpha value is -5.10. The van der Waals surface area contributed by atoms with Crippen LogP contribution in [0.5, 0.6) is 0 Å². The highest BCUT2D eigenvalue weighted by atomic mass is 32.2. The number of hydrogen-bond donors (Lipinski definition) is 3. The summed E-state index contributed by atoms with van der Waals surface area (Å²) in [4.78, 5) is 42.2. The van der Waals surface area contributed by atoms with Crippen molar-refractivity contribution in [1.82, 2.24) is 19.9 Å². The first-order valence-electron chi connectivity index (χ1n) is 13.1. The molecule has 0 spiro atoms. The molecule has 0 fully saturated rings. The van der Waals surface area contributed by atoms with Gasteiger partial charge in [0, 0.05) is 22.6 Å². The van der Waals surface area contributed by atoms with Crippen LogP contribution in [0.25, 0.3) is 22.4 Å². The van der Waals surface area contributed by atoms with Gasteiger partial charge in [0.2, 0.25) is 5.95 Å². The number of fused-ring (bicyclic) bond motifs is 1. The topological polar surface area (TPSA) is 156 Å². The van der Waals surface area contributed by atoms with Crippen molar-refractivity contribution in [3.63, 3.8) is 0 Å². The number of ether oxygens (including phenoxy) is 1. The molecule has 214 valence electrons. The second-order valence-electron chi connectivity index (χ2n) is 9.54. The van der Waals surface area contributed by atoms with E-state index in [1.165, 1.54) is 24.3 Å². The van der Waals surface area contributed by atoms with E-state index in [0.29, 0.717) is 28.5 Å². The van der Waals surface area contributed by atoms with E-state index in [2.05, 4.69) is 30.0 Å². The standard InChI is InChI=1S/C30H28N6O5S/c1-4-26(41-29(38)23-10-6-5-9-22(23)27-34-24-11-7-8-12-25(24)35-27)28(37)33-20-13-15-21(16-14-20)42(39,40)36-30-31-18(2)17-19(3)32-30/h5-17,26H,4H2,1-3H3,(H,33,37)(H,34,35)(H,31,32,36). The minimum atomic E-state index is -3.96. The second-order valence-corrected chi connectivity index (χ2v) is 11.2. The fourth-order valence-electron chi connectivity index (χ4n) is 4.35. The lowest BCUT2D eigenvalue weighted by Gasteiger charge is -2.17. The normalized spacial score (nSPS) is 12.1. The third kappa shape index (κ3) is 6.28. The van der Waals surface area contributed by atoms with Crippen molar-refractivity contribution < 1.29 is 22.7 Å². The fourth-order valence-corrected chi connectivity index (χ4v) is 5.30. The van der Waals surface area contributed by atoms with Gasteiger partial charge in [-0.1, -0.05) is 37.3 Å². The number of esters is 1. The van der Waals surface area contributed by atoms with Crippen molar-refractivity contribution in [3.8, 4) is 11.4 Å². The first-order chi connectivity index (χ1) is 20.1. The summed E-state index contributed by atoms with van der Waals surface area (Å²) in [5.74, 6) is -0.743. The number of H-pyrrole nitrogens is 1. The highest BCUT2D eigenvalue weighted by Crippen LogP contribution is 2.25. The number of amides is 1. The predicted molar refractivity (Wildman–Crippen MR) is 158 cm³/mol. The van der Waals surface area contributed by atoms with Crippen molar-refractivity contribution in [2.45, 2.75) is 38.2 Å². The molecule has 2 heterocycles. The van der Waals surface area contributed by atoms with E-state index < -0.39 is 28.0 Å². The van der Waals surface area contributed by atoms with Gasteiger partial charge in [-0.3, -0.25) is 4.79 Å². The monoisotopic (exact) mass is 584 g/mol. The van der Waals surface area contributed by atoms with Gasteiger partial charge in [0.1, 0.15) is 5.82 Å². The Morgan fingerprint density at radius 3 is 2.26 bits per heavy atom. The van der Waals surface area contributed by atoms with E-state index >= 15 is 0 Å². The Morgan fingerprint density at radius 2 is 1.57 bits per heavy atom. The van der Waals surface area contributed by atoms with Gasteiger partial charge < -0.3 is 15.0 Å². The number of aryl methyl sites for hydroxylation is 2. The molecule has 11 nitrogen and oxygen atoms in total. The Labute approximate surface area is 242 Å². The lowest BCUT2D eigenvalue weighted by molar-refractivity contribution is -0.124. The Morgan fingerprint density at radius 1 is 0.905 bits per heavy atom. The van der Waals surface area contributed by atoms with Gasteiger partial charge in [-0.2, -0.15) is 0 Å². The first-order valence-corrected chi connectivity index (χ1v) is 14.6. The maximum Gasteiger partial charge on any atom is 0.339 e. The van der Waals surface area contributed by atoms with E-state index in [0.717, 1.165) is 11.0 Å². The number of imidazole rings is 1. The molecule has 2 aromatic heterocycles. The number of rotatable bonds is 9. The molecule has 1 atom stereocenters. The fraction of sp³-hybridized carbons (Fsp3) is 0.167. The number of benzene rings is 3. The summed E-state index contributed by atoms with van der Waals surface area (Å²) in [5, 5.41) is 2.68. The number of anilines is 2. The summed E-state index contributed by atoms with van der Waals surface area (Å²) in [6.07, 6.45) is -0.871. The van der Waals surface area contributed by atoms with Crippen LogP contribution in [0.3, 0.4) is 0 Å². The second kappa shape index (κ2) is 11.8. The van der Waals surface area contributed by atoms with Crippen molar-refractivity contribution >= 4 is 44.6 Å². The largest absolute Gasteiger partial charge is 0.449 e. The summed E-state index contributed by atoms with van der Waals surface area (Å²) < 4.78 is 33.6. The van der Waals surface area contributed by atoms with Crippen molar-refractivity contribution in [1.29, 1.82) is 0 Å².